The summed E-state index contributed by atoms with van der Waals surface area (Å²) < 4.78 is 40.9. The Morgan fingerprint density at radius 2 is 1.41 bits per heavy atom. The maximum Gasteiger partial charge on any atom is 0.264 e. The molecule has 0 aliphatic carbocycles. The number of carbonyl (C=O) groups is 1. The minimum absolute atomic E-state index is 0.00683. The number of hydrogen-bond acceptors (Lipinski definition) is 3. The summed E-state index contributed by atoms with van der Waals surface area (Å²) in [6.07, 6.45) is 0. The van der Waals surface area contributed by atoms with E-state index in [1.165, 1.54) is 30.3 Å². The van der Waals surface area contributed by atoms with Gasteiger partial charge in [-0.1, -0.05) is 48.5 Å². The topological polar surface area (TPSA) is 66.5 Å². The lowest BCUT2D eigenvalue weighted by Gasteiger charge is -2.24. The van der Waals surface area contributed by atoms with Gasteiger partial charge in [0, 0.05) is 0 Å². The SMILES string of the molecule is O=C(CN(c1ccccc1)S(=O)(=O)c1ccccc1)Nc1ccccc1F. The lowest BCUT2D eigenvalue weighted by molar-refractivity contribution is -0.114. The predicted molar refractivity (Wildman–Crippen MR) is 102 cm³/mol. The summed E-state index contributed by atoms with van der Waals surface area (Å²) in [5, 5.41) is 2.41. The van der Waals surface area contributed by atoms with Crippen LogP contribution in [0.2, 0.25) is 0 Å². The summed E-state index contributed by atoms with van der Waals surface area (Å²) in [7, 11) is -3.97. The Balaban J connectivity index is 1.92. The van der Waals surface area contributed by atoms with Crippen LogP contribution in [0.5, 0.6) is 0 Å². The van der Waals surface area contributed by atoms with Crippen LogP contribution < -0.4 is 9.62 Å². The standard InChI is InChI=1S/C20H17FN2O3S/c21-18-13-7-8-14-19(18)22-20(24)15-23(16-9-3-1-4-10-16)27(25,26)17-11-5-2-6-12-17/h1-14H,15H2,(H,22,24). The number of nitrogens with zero attached hydrogens (tertiary/aromatic N) is 1. The molecule has 0 spiro atoms. The van der Waals surface area contributed by atoms with Crippen molar-refractivity contribution in [2.75, 3.05) is 16.2 Å². The van der Waals surface area contributed by atoms with Crippen LogP contribution in [0.1, 0.15) is 0 Å². The molecule has 0 saturated carbocycles. The van der Waals surface area contributed by atoms with E-state index in [4.69, 9.17) is 0 Å². The minimum atomic E-state index is -3.97. The van der Waals surface area contributed by atoms with Crippen LogP contribution in [-0.2, 0) is 14.8 Å². The molecule has 27 heavy (non-hydrogen) atoms. The molecule has 3 aromatic carbocycles. The highest BCUT2D eigenvalue weighted by molar-refractivity contribution is 7.92. The maximum atomic E-state index is 13.8. The van der Waals surface area contributed by atoms with E-state index in [0.717, 1.165) is 4.31 Å². The lowest BCUT2D eigenvalue weighted by atomic mass is 10.3. The zero-order valence-corrected chi connectivity index (χ0v) is 15.1. The molecular formula is C20H17FN2O3S. The van der Waals surface area contributed by atoms with E-state index in [1.54, 1.807) is 54.6 Å². The van der Waals surface area contributed by atoms with Gasteiger partial charge in [0.25, 0.3) is 10.0 Å². The summed E-state index contributed by atoms with van der Waals surface area (Å²) in [6.45, 7) is -0.491. The zero-order valence-electron chi connectivity index (χ0n) is 14.2. The molecule has 0 heterocycles. The smallest absolute Gasteiger partial charge is 0.264 e. The van der Waals surface area contributed by atoms with Crippen molar-refractivity contribution >= 4 is 27.3 Å². The molecule has 0 bridgehead atoms. The molecule has 0 aromatic heterocycles. The van der Waals surface area contributed by atoms with Gasteiger partial charge in [0.2, 0.25) is 5.91 Å². The Kier molecular flexibility index (Phi) is 5.52. The van der Waals surface area contributed by atoms with Crippen molar-refractivity contribution in [3.05, 3.63) is 90.7 Å². The number of nitrogens with one attached hydrogen (secondary N) is 1. The number of halogens is 1. The summed E-state index contributed by atoms with van der Waals surface area (Å²) >= 11 is 0. The minimum Gasteiger partial charge on any atom is -0.322 e. The van der Waals surface area contributed by atoms with Gasteiger partial charge in [-0.2, -0.15) is 0 Å². The van der Waals surface area contributed by atoms with E-state index in [-0.39, 0.29) is 10.6 Å². The molecule has 0 atom stereocenters. The first-order valence-electron chi connectivity index (χ1n) is 8.16. The number of carbonyl (C=O) groups excluding carboxylic acids is 1. The average molecular weight is 384 g/mol. The number of para-hydroxylation sites is 2. The number of hydrogen-bond donors (Lipinski definition) is 1. The van der Waals surface area contributed by atoms with Gasteiger partial charge in [0.1, 0.15) is 12.4 Å². The van der Waals surface area contributed by atoms with Gasteiger partial charge < -0.3 is 5.32 Å². The van der Waals surface area contributed by atoms with E-state index >= 15 is 0 Å². The molecule has 0 fully saturated rings. The van der Waals surface area contributed by atoms with Crippen LogP contribution in [0.3, 0.4) is 0 Å². The number of rotatable bonds is 6. The monoisotopic (exact) mass is 384 g/mol. The normalized spacial score (nSPS) is 11.0. The molecule has 138 valence electrons. The van der Waals surface area contributed by atoms with E-state index < -0.39 is 28.3 Å². The van der Waals surface area contributed by atoms with Crippen molar-refractivity contribution < 1.29 is 17.6 Å². The van der Waals surface area contributed by atoms with Crippen LogP contribution in [-0.4, -0.2) is 20.9 Å². The first kappa shape index (κ1) is 18.6. The number of sulfonamides is 1. The Morgan fingerprint density at radius 3 is 2.04 bits per heavy atom. The number of benzene rings is 3. The third-order valence-corrected chi connectivity index (χ3v) is 5.60. The molecule has 0 unspecified atom stereocenters. The average Bonchev–Trinajstić information content (AvgIpc) is 2.69. The van der Waals surface area contributed by atoms with Crippen molar-refractivity contribution in [3.63, 3.8) is 0 Å². The summed E-state index contributed by atoms with van der Waals surface area (Å²) in [5.41, 5.74) is 0.331. The second-order valence-corrected chi connectivity index (χ2v) is 7.55. The Morgan fingerprint density at radius 1 is 0.852 bits per heavy atom. The van der Waals surface area contributed by atoms with Gasteiger partial charge in [0.05, 0.1) is 16.3 Å². The summed E-state index contributed by atoms with van der Waals surface area (Å²) in [5.74, 6) is -1.24. The lowest BCUT2D eigenvalue weighted by Crippen LogP contribution is -2.38. The second kappa shape index (κ2) is 8.01. The third kappa shape index (κ3) is 4.32. The largest absolute Gasteiger partial charge is 0.322 e. The predicted octanol–water partition coefficient (Wildman–Crippen LogP) is 3.66. The Labute approximate surface area is 157 Å². The molecule has 7 heteroatoms. The quantitative estimate of drug-likeness (QED) is 0.705. The van der Waals surface area contributed by atoms with Gasteiger partial charge >= 0.3 is 0 Å². The highest BCUT2D eigenvalue weighted by atomic mass is 32.2. The van der Waals surface area contributed by atoms with E-state index in [0.29, 0.717) is 5.69 Å². The number of amides is 1. The highest BCUT2D eigenvalue weighted by Gasteiger charge is 2.27. The number of anilines is 2. The maximum absolute atomic E-state index is 13.8. The molecule has 3 rings (SSSR count). The molecule has 1 amide bonds. The molecule has 3 aromatic rings. The van der Waals surface area contributed by atoms with Gasteiger partial charge in [-0.25, -0.2) is 12.8 Å². The van der Waals surface area contributed by atoms with E-state index in [1.807, 2.05) is 0 Å². The van der Waals surface area contributed by atoms with Crippen molar-refractivity contribution in [1.82, 2.24) is 0 Å². The molecule has 1 N–H and O–H groups in total. The fourth-order valence-corrected chi connectivity index (χ4v) is 3.95. The van der Waals surface area contributed by atoms with Crippen molar-refractivity contribution in [2.24, 2.45) is 0 Å². The fraction of sp³-hybridized carbons (Fsp3) is 0.0500. The van der Waals surface area contributed by atoms with E-state index in [9.17, 15) is 17.6 Å². The van der Waals surface area contributed by atoms with Gasteiger partial charge in [-0.05, 0) is 36.4 Å². The van der Waals surface area contributed by atoms with Gasteiger partial charge in [0.15, 0.2) is 0 Å². The molecule has 5 nitrogen and oxygen atoms in total. The van der Waals surface area contributed by atoms with Crippen LogP contribution in [0, 0.1) is 5.82 Å². The molecule has 0 radical (unpaired) electrons. The van der Waals surface area contributed by atoms with Crippen LogP contribution in [0.25, 0.3) is 0 Å². The molecule has 0 aliphatic heterocycles. The highest BCUT2D eigenvalue weighted by Crippen LogP contribution is 2.23. The van der Waals surface area contributed by atoms with Gasteiger partial charge in [-0.3, -0.25) is 9.10 Å². The van der Waals surface area contributed by atoms with Crippen LogP contribution >= 0.6 is 0 Å². The van der Waals surface area contributed by atoms with Crippen molar-refractivity contribution in [2.45, 2.75) is 4.90 Å². The first-order chi connectivity index (χ1) is 13.0. The Hall–Kier alpha value is -3.19. The zero-order chi connectivity index (χ0) is 19.3. The Bertz CT molecular complexity index is 1030. The molecular weight excluding hydrogens is 367 g/mol. The fourth-order valence-electron chi connectivity index (χ4n) is 2.51. The van der Waals surface area contributed by atoms with E-state index in [2.05, 4.69) is 5.32 Å². The summed E-state index contributed by atoms with van der Waals surface area (Å²) in [4.78, 5) is 12.5. The third-order valence-electron chi connectivity index (χ3n) is 3.81. The van der Waals surface area contributed by atoms with Crippen molar-refractivity contribution in [1.29, 1.82) is 0 Å². The molecule has 0 aliphatic rings. The first-order valence-corrected chi connectivity index (χ1v) is 9.60. The molecule has 0 saturated heterocycles. The van der Waals surface area contributed by atoms with Crippen LogP contribution in [0.4, 0.5) is 15.8 Å². The summed E-state index contributed by atoms with van der Waals surface area (Å²) in [6, 6.07) is 21.8. The van der Waals surface area contributed by atoms with Gasteiger partial charge in [-0.15, -0.1) is 0 Å². The second-order valence-electron chi connectivity index (χ2n) is 5.69. The van der Waals surface area contributed by atoms with Crippen LogP contribution in [0.15, 0.2) is 89.8 Å². The van der Waals surface area contributed by atoms with Crippen molar-refractivity contribution in [3.8, 4) is 0 Å².